The van der Waals surface area contributed by atoms with Crippen LogP contribution in [0.3, 0.4) is 0 Å². The summed E-state index contributed by atoms with van der Waals surface area (Å²) in [5, 5.41) is 5.35. The predicted octanol–water partition coefficient (Wildman–Crippen LogP) is 5.17. The van der Waals surface area contributed by atoms with Crippen LogP contribution in [0.1, 0.15) is 50.7 Å². The Morgan fingerprint density at radius 1 is 0.707 bits per heavy atom. The van der Waals surface area contributed by atoms with E-state index >= 15 is 17.6 Å². The van der Waals surface area contributed by atoms with E-state index in [1.54, 1.807) is 24.3 Å². The molecule has 0 spiro atoms. The van der Waals surface area contributed by atoms with E-state index in [-0.39, 0.29) is 43.5 Å². The zero-order valence-electron chi connectivity index (χ0n) is 23.3. The Bertz CT molecular complexity index is 1350. The van der Waals surface area contributed by atoms with Gasteiger partial charge in [-0.05, 0) is 0 Å². The third-order valence-corrected chi connectivity index (χ3v) is 15.5. The molecule has 0 saturated heterocycles. The van der Waals surface area contributed by atoms with Crippen LogP contribution < -0.4 is 18.4 Å². The van der Waals surface area contributed by atoms with Crippen LogP contribution >= 0.6 is 0 Å². The number of benzene rings is 2. The van der Waals surface area contributed by atoms with Crippen molar-refractivity contribution >= 4 is 19.6 Å². The Hall–Kier alpha value is -3.23. The molecule has 2 aromatic rings. The standard InChI is InChI=1S/2C11H12F2NO.2C5H5.Ti/c2*1-8(15)14-6-2-3-9-4-5-10(12)7-11(9)13;2*1-2-4-5-3-1;/h2*4-5H,2-3,6H2,1H3,(H,14,15);2*1-3H,4H2;. The summed E-state index contributed by atoms with van der Waals surface area (Å²) in [6.07, 6.45) is 12.7. The molecule has 0 atom stereocenters. The zero-order valence-corrected chi connectivity index (χ0v) is 24.8. The van der Waals surface area contributed by atoms with E-state index in [0.29, 0.717) is 46.5 Å². The van der Waals surface area contributed by atoms with Crippen molar-refractivity contribution in [2.45, 2.75) is 52.4 Å². The van der Waals surface area contributed by atoms with Crippen molar-refractivity contribution in [3.05, 3.63) is 103 Å². The predicted molar refractivity (Wildman–Crippen MR) is 150 cm³/mol. The van der Waals surface area contributed by atoms with Gasteiger partial charge in [0.25, 0.3) is 0 Å². The van der Waals surface area contributed by atoms with Crippen LogP contribution in [0.25, 0.3) is 0 Å². The van der Waals surface area contributed by atoms with Crippen molar-refractivity contribution in [1.82, 2.24) is 10.6 Å². The van der Waals surface area contributed by atoms with E-state index < -0.39 is 39.9 Å². The molecule has 2 aliphatic rings. The fraction of sp³-hybridized carbons (Fsp3) is 0.312. The summed E-state index contributed by atoms with van der Waals surface area (Å²) in [5.74, 6) is -3.59. The molecule has 0 radical (unpaired) electrons. The zero-order chi connectivity index (χ0) is 29.6. The molecule has 4 rings (SSSR count). The van der Waals surface area contributed by atoms with Crippen LogP contribution in [0, 0.1) is 23.3 Å². The third kappa shape index (κ3) is 6.49. The molecule has 0 fully saturated rings. The number of halogens is 4. The number of carbonyl (C=O) groups excluding carboxylic acids is 2. The Morgan fingerprint density at radius 3 is 1.46 bits per heavy atom. The van der Waals surface area contributed by atoms with Crippen molar-refractivity contribution in [2.24, 2.45) is 0 Å². The first-order valence-corrected chi connectivity index (χ1v) is 17.0. The molecule has 2 N–H and O–H groups in total. The molecule has 41 heavy (non-hydrogen) atoms. The van der Waals surface area contributed by atoms with Gasteiger partial charge in [-0.15, -0.1) is 0 Å². The van der Waals surface area contributed by atoms with Crippen LogP contribution in [0.15, 0.2) is 68.5 Å². The minimum absolute atomic E-state index is 0.205. The second-order valence-electron chi connectivity index (χ2n) is 10.4. The first-order chi connectivity index (χ1) is 19.7. The normalized spacial score (nSPS) is 14.3. The Labute approximate surface area is 241 Å². The van der Waals surface area contributed by atoms with Crippen molar-refractivity contribution in [3.8, 4) is 0 Å². The van der Waals surface area contributed by atoms with Gasteiger partial charge in [-0.3, -0.25) is 0 Å². The fourth-order valence-electron chi connectivity index (χ4n) is 5.78. The van der Waals surface area contributed by atoms with E-state index in [9.17, 15) is 9.59 Å². The summed E-state index contributed by atoms with van der Waals surface area (Å²) in [7, 11) is 0. The molecule has 0 bridgehead atoms. The van der Waals surface area contributed by atoms with E-state index in [1.807, 2.05) is 12.2 Å². The number of hydrogen-bond donors (Lipinski definition) is 2. The number of amides is 2. The van der Waals surface area contributed by atoms with Gasteiger partial charge >= 0.3 is 242 Å². The minimum atomic E-state index is -4.87. The van der Waals surface area contributed by atoms with Crippen LogP contribution in [0.2, 0.25) is 0 Å². The van der Waals surface area contributed by atoms with Crippen LogP contribution in [-0.4, -0.2) is 24.9 Å². The van der Waals surface area contributed by atoms with Gasteiger partial charge in [0.2, 0.25) is 0 Å². The summed E-state index contributed by atoms with van der Waals surface area (Å²) in [6.45, 7) is 3.43. The van der Waals surface area contributed by atoms with Crippen LogP contribution in [-0.2, 0) is 39.0 Å². The van der Waals surface area contributed by atoms with E-state index in [4.69, 9.17) is 0 Å². The summed E-state index contributed by atoms with van der Waals surface area (Å²) in [6, 6.07) is 5.15. The van der Waals surface area contributed by atoms with E-state index in [0.717, 1.165) is 0 Å². The number of nitrogens with one attached hydrogen (secondary N) is 2. The summed E-state index contributed by atoms with van der Waals surface area (Å²) in [5.41, 5.74) is 0.485. The number of aryl methyl sites for hydroxylation is 2. The molecular formula is C32H34F4N2O2Ti. The van der Waals surface area contributed by atoms with Gasteiger partial charge in [0, 0.05) is 0 Å². The number of allylic oxidation sites excluding steroid dienone is 8. The quantitative estimate of drug-likeness (QED) is 0.200. The van der Waals surface area contributed by atoms with Crippen molar-refractivity contribution < 1.29 is 43.7 Å². The number of hydrogen-bond acceptors (Lipinski definition) is 2. The van der Waals surface area contributed by atoms with Gasteiger partial charge in [0.05, 0.1) is 0 Å². The molecule has 0 heterocycles. The van der Waals surface area contributed by atoms with Gasteiger partial charge in [-0.2, -0.15) is 0 Å². The summed E-state index contributed by atoms with van der Waals surface area (Å²) in [4.78, 5) is 22.5. The van der Waals surface area contributed by atoms with Crippen LogP contribution in [0.5, 0.6) is 0 Å². The van der Waals surface area contributed by atoms with Gasteiger partial charge in [-0.1, -0.05) is 0 Å². The van der Waals surface area contributed by atoms with Gasteiger partial charge in [-0.25, -0.2) is 0 Å². The maximum atomic E-state index is 16.6. The molecule has 9 heteroatoms. The first-order valence-electron chi connectivity index (χ1n) is 13.8. The summed E-state index contributed by atoms with van der Waals surface area (Å²) < 4.78 is 66.3. The molecule has 4 nitrogen and oxygen atoms in total. The molecule has 0 saturated carbocycles. The number of carbonyl (C=O) groups is 2. The molecule has 2 amide bonds. The maximum absolute atomic E-state index is 16.6. The second kappa shape index (κ2) is 13.6. The molecule has 0 unspecified atom stereocenters. The molecule has 0 aliphatic heterocycles. The van der Waals surface area contributed by atoms with Crippen molar-refractivity contribution in [2.75, 3.05) is 13.1 Å². The Morgan fingerprint density at radius 2 is 1.12 bits per heavy atom. The molecule has 0 aromatic heterocycles. The van der Waals surface area contributed by atoms with Gasteiger partial charge in [0.1, 0.15) is 0 Å². The summed E-state index contributed by atoms with van der Waals surface area (Å²) >= 11 is -4.87. The van der Waals surface area contributed by atoms with Gasteiger partial charge < -0.3 is 0 Å². The second-order valence-corrected chi connectivity index (χ2v) is 16.3. The average Bonchev–Trinajstić information content (AvgIpc) is 3.65. The molecule has 216 valence electrons. The molecule has 2 aromatic carbocycles. The van der Waals surface area contributed by atoms with E-state index in [2.05, 4.69) is 10.6 Å². The monoisotopic (exact) mass is 602 g/mol. The molecular weight excluding hydrogens is 568 g/mol. The SMILES string of the molecule is CC(=O)NCCCc1ccc(F)[c]([Ti]([C]2=CC=CC2)([C]2=CC=CC2)[c]2c(F)ccc(CCCNC(C)=O)c2F)c1F. The van der Waals surface area contributed by atoms with Crippen molar-refractivity contribution in [1.29, 1.82) is 0 Å². The topological polar surface area (TPSA) is 58.2 Å². The van der Waals surface area contributed by atoms with Crippen LogP contribution in [0.4, 0.5) is 17.6 Å². The Balaban J connectivity index is 1.92. The van der Waals surface area contributed by atoms with Crippen molar-refractivity contribution in [3.63, 3.8) is 0 Å². The van der Waals surface area contributed by atoms with Gasteiger partial charge in [0.15, 0.2) is 0 Å². The molecule has 2 aliphatic carbocycles. The Kier molecular flexibility index (Phi) is 10.2. The average molecular weight is 602 g/mol. The fourth-order valence-corrected chi connectivity index (χ4v) is 14.1. The first kappa shape index (κ1) is 30.7. The number of rotatable bonds is 12. The van der Waals surface area contributed by atoms with E-state index in [1.165, 1.54) is 38.1 Å². The third-order valence-electron chi connectivity index (χ3n) is 7.59.